The summed E-state index contributed by atoms with van der Waals surface area (Å²) in [5, 5.41) is 12.0. The highest BCUT2D eigenvalue weighted by atomic mass is 16.4. The molecule has 4 nitrogen and oxygen atoms in total. The summed E-state index contributed by atoms with van der Waals surface area (Å²) in [6.07, 6.45) is 4.99. The molecule has 2 rings (SSSR count). The van der Waals surface area contributed by atoms with Gasteiger partial charge in [0, 0.05) is 0 Å². The lowest BCUT2D eigenvalue weighted by Gasteiger charge is -2.26. The number of fused-ring (bicyclic) bond motifs is 1. The Balaban J connectivity index is 2.08. The van der Waals surface area contributed by atoms with Crippen LogP contribution in [0.3, 0.4) is 0 Å². The lowest BCUT2D eigenvalue weighted by Crippen LogP contribution is -2.43. The van der Waals surface area contributed by atoms with Crippen molar-refractivity contribution in [2.24, 2.45) is 0 Å². The zero-order valence-electron chi connectivity index (χ0n) is 12.5. The molecule has 0 fully saturated rings. The van der Waals surface area contributed by atoms with Crippen LogP contribution in [0.25, 0.3) is 0 Å². The first-order chi connectivity index (χ1) is 10.1. The number of amides is 1. The quantitative estimate of drug-likeness (QED) is 0.846. The standard InChI is InChI=1S/C17H23NO3/c1-2-3-11-15(17(20)21)18-16(19)14-10-6-8-12-7-4-5-9-13(12)14/h4-5,7,9,14-15H,2-3,6,8,10-11H2,1H3,(H,18,19)(H,20,21)/t14?,15-/m0/s1. The number of rotatable bonds is 6. The molecule has 0 saturated heterocycles. The molecule has 21 heavy (non-hydrogen) atoms. The highest BCUT2D eigenvalue weighted by molar-refractivity contribution is 5.88. The zero-order valence-corrected chi connectivity index (χ0v) is 12.5. The summed E-state index contributed by atoms with van der Waals surface area (Å²) in [6.45, 7) is 2.01. The molecule has 4 heteroatoms. The maximum atomic E-state index is 12.5. The van der Waals surface area contributed by atoms with Gasteiger partial charge < -0.3 is 10.4 Å². The largest absolute Gasteiger partial charge is 0.480 e. The molecular formula is C17H23NO3. The molecule has 0 saturated carbocycles. The van der Waals surface area contributed by atoms with Gasteiger partial charge in [0.1, 0.15) is 6.04 Å². The van der Waals surface area contributed by atoms with Gasteiger partial charge in [-0.25, -0.2) is 4.79 Å². The Labute approximate surface area is 125 Å². The maximum absolute atomic E-state index is 12.5. The van der Waals surface area contributed by atoms with Crippen LogP contribution < -0.4 is 5.32 Å². The minimum Gasteiger partial charge on any atom is -0.480 e. The Morgan fingerprint density at radius 1 is 1.38 bits per heavy atom. The summed E-state index contributed by atoms with van der Waals surface area (Å²) in [5.41, 5.74) is 2.27. The van der Waals surface area contributed by atoms with Crippen LogP contribution in [0.5, 0.6) is 0 Å². The SMILES string of the molecule is CCCC[C@H](NC(=O)C1CCCc2ccccc21)C(=O)O. The van der Waals surface area contributed by atoms with E-state index in [0.717, 1.165) is 37.7 Å². The number of hydrogen-bond donors (Lipinski definition) is 2. The van der Waals surface area contributed by atoms with Gasteiger partial charge in [-0.1, -0.05) is 44.0 Å². The number of aryl methyl sites for hydroxylation is 1. The normalized spacial score (nSPS) is 18.6. The minimum atomic E-state index is -0.944. The second-order valence-corrected chi connectivity index (χ2v) is 5.69. The zero-order chi connectivity index (χ0) is 15.2. The van der Waals surface area contributed by atoms with Gasteiger partial charge in [-0.15, -0.1) is 0 Å². The second-order valence-electron chi connectivity index (χ2n) is 5.69. The van der Waals surface area contributed by atoms with E-state index in [-0.39, 0.29) is 11.8 Å². The number of unbranched alkanes of at least 4 members (excludes halogenated alkanes) is 1. The third kappa shape index (κ3) is 3.84. The third-order valence-corrected chi connectivity index (χ3v) is 4.15. The van der Waals surface area contributed by atoms with Crippen molar-refractivity contribution in [1.82, 2.24) is 5.32 Å². The number of hydrogen-bond acceptors (Lipinski definition) is 2. The van der Waals surface area contributed by atoms with Gasteiger partial charge in [-0.2, -0.15) is 0 Å². The van der Waals surface area contributed by atoms with Crippen LogP contribution in [0, 0.1) is 0 Å². The van der Waals surface area contributed by atoms with Crippen molar-refractivity contribution in [3.8, 4) is 0 Å². The predicted molar refractivity (Wildman–Crippen MR) is 81.2 cm³/mol. The summed E-state index contributed by atoms with van der Waals surface area (Å²) in [4.78, 5) is 23.7. The topological polar surface area (TPSA) is 66.4 Å². The molecule has 0 aromatic heterocycles. The molecule has 2 N–H and O–H groups in total. The molecule has 1 aromatic carbocycles. The van der Waals surface area contributed by atoms with E-state index in [1.807, 2.05) is 25.1 Å². The van der Waals surface area contributed by atoms with E-state index in [9.17, 15) is 14.7 Å². The fourth-order valence-corrected chi connectivity index (χ4v) is 2.96. The number of carboxylic acids is 1. The van der Waals surface area contributed by atoms with E-state index in [1.54, 1.807) is 0 Å². The fourth-order valence-electron chi connectivity index (χ4n) is 2.96. The average molecular weight is 289 g/mol. The predicted octanol–water partition coefficient (Wildman–Crippen LogP) is 2.87. The summed E-state index contributed by atoms with van der Waals surface area (Å²) in [5.74, 6) is -1.30. The molecule has 0 bridgehead atoms. The number of benzene rings is 1. The molecule has 1 aliphatic rings. The van der Waals surface area contributed by atoms with Crippen molar-refractivity contribution in [3.63, 3.8) is 0 Å². The van der Waals surface area contributed by atoms with Crippen LogP contribution in [-0.2, 0) is 16.0 Å². The monoisotopic (exact) mass is 289 g/mol. The van der Waals surface area contributed by atoms with Crippen LogP contribution in [-0.4, -0.2) is 23.0 Å². The van der Waals surface area contributed by atoms with Crippen LogP contribution in [0.2, 0.25) is 0 Å². The molecule has 0 radical (unpaired) electrons. The van der Waals surface area contributed by atoms with Crippen molar-refractivity contribution >= 4 is 11.9 Å². The van der Waals surface area contributed by atoms with Crippen molar-refractivity contribution in [2.75, 3.05) is 0 Å². The van der Waals surface area contributed by atoms with E-state index < -0.39 is 12.0 Å². The molecule has 0 heterocycles. The molecule has 1 amide bonds. The molecule has 1 unspecified atom stereocenters. The molecule has 1 aromatic rings. The number of carboxylic acid groups (broad SMARTS) is 1. The highest BCUT2D eigenvalue weighted by Crippen LogP contribution is 2.31. The first kappa shape index (κ1) is 15.5. The van der Waals surface area contributed by atoms with Gasteiger partial charge >= 0.3 is 5.97 Å². The molecule has 1 aliphatic carbocycles. The smallest absolute Gasteiger partial charge is 0.326 e. The van der Waals surface area contributed by atoms with Gasteiger partial charge in [0.05, 0.1) is 5.92 Å². The van der Waals surface area contributed by atoms with Crippen LogP contribution in [0.1, 0.15) is 56.1 Å². The third-order valence-electron chi connectivity index (χ3n) is 4.15. The lowest BCUT2D eigenvalue weighted by atomic mass is 9.82. The summed E-state index contributed by atoms with van der Waals surface area (Å²) >= 11 is 0. The first-order valence-corrected chi connectivity index (χ1v) is 7.74. The summed E-state index contributed by atoms with van der Waals surface area (Å²) in [7, 11) is 0. The Bertz CT molecular complexity index is 513. The molecule has 2 atom stereocenters. The van der Waals surface area contributed by atoms with Crippen molar-refractivity contribution in [3.05, 3.63) is 35.4 Å². The van der Waals surface area contributed by atoms with Crippen LogP contribution >= 0.6 is 0 Å². The lowest BCUT2D eigenvalue weighted by molar-refractivity contribution is -0.142. The van der Waals surface area contributed by atoms with E-state index in [4.69, 9.17) is 0 Å². The van der Waals surface area contributed by atoms with Crippen LogP contribution in [0.4, 0.5) is 0 Å². The van der Waals surface area contributed by atoms with Crippen molar-refractivity contribution in [1.29, 1.82) is 0 Å². The first-order valence-electron chi connectivity index (χ1n) is 7.74. The number of nitrogens with one attached hydrogen (secondary N) is 1. The van der Waals surface area contributed by atoms with Gasteiger partial charge in [0.25, 0.3) is 0 Å². The molecule has 0 aliphatic heterocycles. The second kappa shape index (κ2) is 7.25. The average Bonchev–Trinajstić information content (AvgIpc) is 2.50. The van der Waals surface area contributed by atoms with Gasteiger partial charge in [-0.3, -0.25) is 4.79 Å². The Morgan fingerprint density at radius 2 is 2.14 bits per heavy atom. The van der Waals surface area contributed by atoms with E-state index >= 15 is 0 Å². The Hall–Kier alpha value is -1.84. The fraction of sp³-hybridized carbons (Fsp3) is 0.529. The summed E-state index contributed by atoms with van der Waals surface area (Å²) in [6, 6.07) is 7.20. The number of carbonyl (C=O) groups is 2. The molecule has 114 valence electrons. The molecular weight excluding hydrogens is 266 g/mol. The highest BCUT2D eigenvalue weighted by Gasteiger charge is 2.29. The Kier molecular flexibility index (Phi) is 5.37. The Morgan fingerprint density at radius 3 is 2.86 bits per heavy atom. The molecule has 0 spiro atoms. The number of carbonyl (C=O) groups excluding carboxylic acids is 1. The van der Waals surface area contributed by atoms with E-state index in [2.05, 4.69) is 11.4 Å². The van der Waals surface area contributed by atoms with E-state index in [1.165, 1.54) is 5.56 Å². The van der Waals surface area contributed by atoms with Gasteiger partial charge in [0.15, 0.2) is 0 Å². The summed E-state index contributed by atoms with van der Waals surface area (Å²) < 4.78 is 0. The van der Waals surface area contributed by atoms with Crippen molar-refractivity contribution in [2.45, 2.75) is 57.4 Å². The van der Waals surface area contributed by atoms with Gasteiger partial charge in [-0.05, 0) is 36.8 Å². The minimum absolute atomic E-state index is 0.148. The maximum Gasteiger partial charge on any atom is 0.326 e. The van der Waals surface area contributed by atoms with Crippen molar-refractivity contribution < 1.29 is 14.7 Å². The number of aliphatic carboxylic acids is 1. The van der Waals surface area contributed by atoms with Crippen LogP contribution in [0.15, 0.2) is 24.3 Å². The van der Waals surface area contributed by atoms with Gasteiger partial charge in [0.2, 0.25) is 5.91 Å². The van der Waals surface area contributed by atoms with E-state index in [0.29, 0.717) is 6.42 Å².